The van der Waals surface area contributed by atoms with Crippen molar-refractivity contribution in [3.63, 3.8) is 0 Å². The quantitative estimate of drug-likeness (QED) is 0.438. The van der Waals surface area contributed by atoms with Crippen LogP contribution in [-0.4, -0.2) is 58.2 Å². The molecule has 1 saturated heterocycles. The average molecular weight is 455 g/mol. The summed E-state index contributed by atoms with van der Waals surface area (Å²) in [6.45, 7) is 3.14. The number of methoxy groups -OCH3 is 1. The minimum Gasteiger partial charge on any atom is -0.497 e. The maximum atomic E-state index is 12.1. The molecule has 1 fully saturated rings. The molecule has 0 atom stereocenters. The Morgan fingerprint density at radius 3 is 2.31 bits per heavy atom. The molecule has 1 aliphatic rings. The van der Waals surface area contributed by atoms with Crippen LogP contribution in [0.25, 0.3) is 16.9 Å². The van der Waals surface area contributed by atoms with Crippen LogP contribution < -0.4 is 4.74 Å². The Morgan fingerprint density at radius 2 is 1.75 bits per heavy atom. The van der Waals surface area contributed by atoms with Gasteiger partial charge in [-0.25, -0.2) is 14.5 Å². The van der Waals surface area contributed by atoms with Gasteiger partial charge >= 0.3 is 6.03 Å². The monoisotopic (exact) mass is 454 g/mol. The highest BCUT2D eigenvalue weighted by atomic mass is 35.5. The molecule has 2 aromatic carbocycles. The van der Waals surface area contributed by atoms with E-state index in [-0.39, 0.29) is 5.92 Å². The minimum atomic E-state index is -0.390. The fourth-order valence-electron chi connectivity index (χ4n) is 4.10. The van der Waals surface area contributed by atoms with Gasteiger partial charge in [-0.3, -0.25) is 5.21 Å². The summed E-state index contributed by atoms with van der Waals surface area (Å²) in [5.74, 6) is 0.897. The second kappa shape index (κ2) is 9.22. The number of hydrogen-bond donors (Lipinski definition) is 1. The molecule has 2 heterocycles. The van der Waals surface area contributed by atoms with Gasteiger partial charge in [-0.2, -0.15) is 5.10 Å². The number of hydroxylamine groups is 2. The molecule has 168 valence electrons. The first kappa shape index (κ1) is 22.2. The highest BCUT2D eigenvalue weighted by Gasteiger charge is 2.30. The molecule has 8 heteroatoms. The Bertz CT molecular complexity index is 1090. The van der Waals surface area contributed by atoms with Gasteiger partial charge < -0.3 is 9.64 Å². The van der Waals surface area contributed by atoms with Crippen molar-refractivity contribution in [3.8, 4) is 22.7 Å². The number of rotatable bonds is 4. The van der Waals surface area contributed by atoms with Gasteiger partial charge in [-0.15, -0.1) is 0 Å². The zero-order chi connectivity index (χ0) is 22.8. The molecule has 1 N–H and O–H groups in total. The summed E-state index contributed by atoms with van der Waals surface area (Å²) in [7, 11) is 2.98. The first-order valence-corrected chi connectivity index (χ1v) is 11.0. The van der Waals surface area contributed by atoms with Crippen molar-refractivity contribution >= 4 is 17.6 Å². The van der Waals surface area contributed by atoms with Gasteiger partial charge in [0.25, 0.3) is 0 Å². The van der Waals surface area contributed by atoms with Crippen LogP contribution >= 0.6 is 11.6 Å². The number of amides is 2. The van der Waals surface area contributed by atoms with Gasteiger partial charge in [0.2, 0.25) is 0 Å². The molecule has 1 aliphatic heterocycles. The fraction of sp³-hybridized carbons (Fsp3) is 0.333. The summed E-state index contributed by atoms with van der Waals surface area (Å²) < 4.78 is 7.18. The highest BCUT2D eigenvalue weighted by molar-refractivity contribution is 6.34. The predicted octanol–water partition coefficient (Wildman–Crippen LogP) is 5.13. The number of piperidine rings is 1. The lowest BCUT2D eigenvalue weighted by Gasteiger charge is -2.32. The van der Waals surface area contributed by atoms with E-state index in [4.69, 9.17) is 21.4 Å². The number of halogens is 1. The Balaban J connectivity index is 1.71. The van der Waals surface area contributed by atoms with Crippen molar-refractivity contribution in [1.82, 2.24) is 19.7 Å². The van der Waals surface area contributed by atoms with Crippen molar-refractivity contribution in [1.29, 1.82) is 0 Å². The largest absolute Gasteiger partial charge is 0.497 e. The zero-order valence-electron chi connectivity index (χ0n) is 18.5. The number of hydrogen-bond acceptors (Lipinski definition) is 4. The Labute approximate surface area is 192 Å². The molecule has 0 spiro atoms. The smallest absolute Gasteiger partial charge is 0.343 e. The van der Waals surface area contributed by atoms with Crippen LogP contribution in [0.3, 0.4) is 0 Å². The molecule has 4 rings (SSSR count). The van der Waals surface area contributed by atoms with Gasteiger partial charge in [-0.05, 0) is 44.0 Å². The first-order chi connectivity index (χ1) is 15.4. The molecule has 0 saturated carbocycles. The average Bonchev–Trinajstić information content (AvgIpc) is 3.16. The number of ether oxygens (including phenoxy) is 1. The van der Waals surface area contributed by atoms with Crippen molar-refractivity contribution in [2.45, 2.75) is 25.7 Å². The van der Waals surface area contributed by atoms with Crippen molar-refractivity contribution in [2.75, 3.05) is 27.2 Å². The van der Waals surface area contributed by atoms with E-state index in [0.717, 1.165) is 41.2 Å². The second-order valence-electron chi connectivity index (χ2n) is 8.09. The molecular formula is C24H27ClN4O3. The maximum absolute atomic E-state index is 12.1. The maximum Gasteiger partial charge on any atom is 0.343 e. The number of aryl methyl sites for hydroxylation is 1. The number of nitrogens with zero attached hydrogens (tertiary/aromatic N) is 4. The van der Waals surface area contributed by atoms with E-state index in [2.05, 4.69) is 31.2 Å². The predicted molar refractivity (Wildman–Crippen MR) is 124 cm³/mol. The first-order valence-electron chi connectivity index (χ1n) is 10.6. The third-order valence-corrected chi connectivity index (χ3v) is 6.30. The fourth-order valence-corrected chi connectivity index (χ4v) is 4.48. The van der Waals surface area contributed by atoms with E-state index in [9.17, 15) is 10.0 Å². The van der Waals surface area contributed by atoms with Crippen LogP contribution in [0.15, 0.2) is 48.5 Å². The van der Waals surface area contributed by atoms with Gasteiger partial charge in [0, 0.05) is 31.6 Å². The summed E-state index contributed by atoms with van der Waals surface area (Å²) in [5.41, 5.74) is 4.74. The van der Waals surface area contributed by atoms with E-state index < -0.39 is 6.03 Å². The zero-order valence-corrected chi connectivity index (χ0v) is 19.2. The van der Waals surface area contributed by atoms with Gasteiger partial charge in [0.15, 0.2) is 0 Å². The normalized spacial score (nSPS) is 14.5. The summed E-state index contributed by atoms with van der Waals surface area (Å²) in [5, 5.41) is 15.6. The summed E-state index contributed by atoms with van der Waals surface area (Å²) in [6, 6.07) is 15.6. The highest BCUT2D eigenvalue weighted by Crippen LogP contribution is 2.39. The Kier molecular flexibility index (Phi) is 6.39. The molecule has 0 radical (unpaired) electrons. The van der Waals surface area contributed by atoms with Crippen LogP contribution in [0.4, 0.5) is 4.79 Å². The van der Waals surface area contributed by atoms with Gasteiger partial charge in [-0.1, -0.05) is 41.4 Å². The lowest BCUT2D eigenvalue weighted by Crippen LogP contribution is -2.43. The van der Waals surface area contributed by atoms with Crippen molar-refractivity contribution < 1.29 is 14.7 Å². The van der Waals surface area contributed by atoms with E-state index in [1.807, 2.05) is 28.9 Å². The molecule has 1 aromatic heterocycles. The summed E-state index contributed by atoms with van der Waals surface area (Å²) in [4.78, 5) is 13.7. The second-order valence-corrected chi connectivity index (χ2v) is 8.47. The molecule has 3 aromatic rings. The lowest BCUT2D eigenvalue weighted by atomic mass is 9.93. The number of urea groups is 1. The van der Waals surface area contributed by atoms with Crippen LogP contribution in [0.2, 0.25) is 5.02 Å². The number of benzene rings is 2. The Morgan fingerprint density at radius 1 is 1.12 bits per heavy atom. The van der Waals surface area contributed by atoms with E-state index in [1.54, 1.807) is 12.0 Å². The third kappa shape index (κ3) is 4.31. The van der Waals surface area contributed by atoms with E-state index >= 15 is 0 Å². The molecule has 32 heavy (non-hydrogen) atoms. The van der Waals surface area contributed by atoms with Crippen LogP contribution in [-0.2, 0) is 0 Å². The lowest BCUT2D eigenvalue weighted by molar-refractivity contribution is -0.0356. The SMILES string of the molecule is COc1ccc(-n2nc(C3CCN(C(=O)N(C)O)CC3)c(Cl)c2-c2ccc(C)cc2)cc1. The Hall–Kier alpha value is -3.03. The van der Waals surface area contributed by atoms with Crippen LogP contribution in [0.1, 0.15) is 30.0 Å². The number of carbonyl (C=O) groups is 1. The van der Waals surface area contributed by atoms with Crippen LogP contribution in [0, 0.1) is 6.92 Å². The minimum absolute atomic E-state index is 0.124. The molecule has 2 amide bonds. The summed E-state index contributed by atoms with van der Waals surface area (Å²) in [6.07, 6.45) is 1.46. The summed E-state index contributed by atoms with van der Waals surface area (Å²) >= 11 is 6.96. The molecule has 0 unspecified atom stereocenters. The third-order valence-electron chi connectivity index (χ3n) is 5.92. The number of likely N-dealkylation sites (tertiary alicyclic amines) is 1. The number of carbonyl (C=O) groups excluding carboxylic acids is 1. The van der Waals surface area contributed by atoms with Crippen LogP contribution in [0.5, 0.6) is 5.75 Å². The van der Waals surface area contributed by atoms with Crippen molar-refractivity contribution in [2.24, 2.45) is 0 Å². The van der Waals surface area contributed by atoms with Crippen molar-refractivity contribution in [3.05, 3.63) is 64.8 Å². The molecule has 7 nitrogen and oxygen atoms in total. The molecule has 0 bridgehead atoms. The molecular weight excluding hydrogens is 428 g/mol. The topological polar surface area (TPSA) is 70.8 Å². The van der Waals surface area contributed by atoms with E-state index in [0.29, 0.717) is 23.2 Å². The molecule has 0 aliphatic carbocycles. The number of aromatic nitrogens is 2. The van der Waals surface area contributed by atoms with Gasteiger partial charge in [0.05, 0.1) is 29.2 Å². The van der Waals surface area contributed by atoms with E-state index in [1.165, 1.54) is 12.6 Å². The standard InChI is InChI=1S/C24H27ClN4O3/c1-16-4-6-18(7-5-16)23-21(25)22(17-12-14-28(15-13-17)24(30)27(2)31)26-29(23)19-8-10-20(32-3)11-9-19/h4-11,17,31H,12-15H2,1-3H3. The van der Waals surface area contributed by atoms with Gasteiger partial charge in [0.1, 0.15) is 5.75 Å².